The van der Waals surface area contributed by atoms with Gasteiger partial charge < -0.3 is 14.2 Å². The number of rotatable bonds is 2. The molecule has 0 radical (unpaired) electrons. The summed E-state index contributed by atoms with van der Waals surface area (Å²) in [6, 6.07) is 9.22. The molecule has 0 unspecified atom stereocenters. The Balaban J connectivity index is 1.68. The number of hydrogen-bond donors (Lipinski definition) is 0. The first kappa shape index (κ1) is 16.7. The van der Waals surface area contributed by atoms with Crippen LogP contribution < -0.4 is 0 Å². The fourth-order valence-electron chi connectivity index (χ4n) is 2.71. The molecule has 3 rings (SSSR count). The van der Waals surface area contributed by atoms with Crippen LogP contribution in [-0.2, 0) is 0 Å². The minimum absolute atomic E-state index is 0.0623. The Morgan fingerprint density at radius 2 is 1.62 bits per heavy atom. The number of benzene rings is 1. The van der Waals surface area contributed by atoms with E-state index in [2.05, 4.69) is 15.9 Å². The summed E-state index contributed by atoms with van der Waals surface area (Å²) < 4.78 is 19.6. The van der Waals surface area contributed by atoms with Crippen molar-refractivity contribution in [3.63, 3.8) is 0 Å². The van der Waals surface area contributed by atoms with Crippen molar-refractivity contribution >= 4 is 27.7 Å². The van der Waals surface area contributed by atoms with Crippen LogP contribution in [0, 0.1) is 5.82 Å². The van der Waals surface area contributed by atoms with Gasteiger partial charge in [0.05, 0.1) is 5.56 Å². The number of carbonyl (C=O) groups excluding carboxylic acids is 2. The van der Waals surface area contributed by atoms with Gasteiger partial charge in [-0.3, -0.25) is 9.59 Å². The minimum atomic E-state index is -0.528. The van der Waals surface area contributed by atoms with E-state index in [0.29, 0.717) is 37.3 Å². The predicted octanol–water partition coefficient (Wildman–Crippen LogP) is 3.17. The van der Waals surface area contributed by atoms with Crippen molar-refractivity contribution in [3.05, 3.63) is 58.2 Å². The fourth-order valence-corrected chi connectivity index (χ4v) is 3.02. The highest BCUT2D eigenvalue weighted by molar-refractivity contribution is 9.10. The van der Waals surface area contributed by atoms with Crippen LogP contribution >= 0.6 is 15.9 Å². The largest absolute Gasteiger partial charge is 0.444 e. The summed E-state index contributed by atoms with van der Waals surface area (Å²) in [5, 5.41) is 0. The van der Waals surface area contributed by atoms with Crippen molar-refractivity contribution in [3.8, 4) is 0 Å². The van der Waals surface area contributed by atoms with E-state index in [1.54, 1.807) is 34.1 Å². The monoisotopic (exact) mass is 394 g/mol. The van der Waals surface area contributed by atoms with E-state index >= 15 is 0 Å². The summed E-state index contributed by atoms with van der Waals surface area (Å²) in [5.41, 5.74) is 0.0623. The third-order valence-corrected chi connectivity index (χ3v) is 4.38. The predicted molar refractivity (Wildman–Crippen MR) is 89.2 cm³/mol. The SMILES string of the molecule is O=C(c1ccc(Br)o1)N1CCCN(C(=O)c2ccccc2F)CC1. The Kier molecular flexibility index (Phi) is 4.99. The number of amides is 2. The third-order valence-electron chi connectivity index (χ3n) is 3.96. The zero-order valence-electron chi connectivity index (χ0n) is 12.9. The molecule has 1 fully saturated rings. The van der Waals surface area contributed by atoms with Crippen molar-refractivity contribution in [1.82, 2.24) is 9.80 Å². The maximum atomic E-state index is 13.8. The number of furan rings is 1. The first-order chi connectivity index (χ1) is 11.6. The van der Waals surface area contributed by atoms with Crippen molar-refractivity contribution in [2.45, 2.75) is 6.42 Å². The van der Waals surface area contributed by atoms with Gasteiger partial charge in [0, 0.05) is 26.2 Å². The zero-order valence-corrected chi connectivity index (χ0v) is 14.5. The number of carbonyl (C=O) groups is 2. The molecule has 0 aliphatic carbocycles. The molecule has 0 bridgehead atoms. The lowest BCUT2D eigenvalue weighted by Gasteiger charge is -2.21. The van der Waals surface area contributed by atoms with Gasteiger partial charge in [0.1, 0.15) is 5.82 Å². The lowest BCUT2D eigenvalue weighted by atomic mass is 10.2. The van der Waals surface area contributed by atoms with Gasteiger partial charge in [0.15, 0.2) is 10.4 Å². The first-order valence-corrected chi connectivity index (χ1v) is 8.44. The van der Waals surface area contributed by atoms with Crippen LogP contribution in [0.2, 0.25) is 0 Å². The van der Waals surface area contributed by atoms with Gasteiger partial charge in [0.2, 0.25) is 0 Å². The summed E-state index contributed by atoms with van der Waals surface area (Å²) in [6.45, 7) is 1.76. The molecule has 0 spiro atoms. The normalized spacial score (nSPS) is 15.2. The summed E-state index contributed by atoms with van der Waals surface area (Å²) in [7, 11) is 0. The highest BCUT2D eigenvalue weighted by atomic mass is 79.9. The quantitative estimate of drug-likeness (QED) is 0.785. The molecule has 0 atom stereocenters. The molecular formula is C17H16BrFN2O3. The van der Waals surface area contributed by atoms with Gasteiger partial charge >= 0.3 is 0 Å². The molecule has 5 nitrogen and oxygen atoms in total. The molecule has 0 saturated carbocycles. The fraction of sp³-hybridized carbons (Fsp3) is 0.294. The second kappa shape index (κ2) is 7.17. The number of nitrogens with zero attached hydrogens (tertiary/aromatic N) is 2. The highest BCUT2D eigenvalue weighted by Crippen LogP contribution is 2.18. The van der Waals surface area contributed by atoms with Crippen molar-refractivity contribution < 1.29 is 18.4 Å². The van der Waals surface area contributed by atoms with Crippen LogP contribution in [0.4, 0.5) is 4.39 Å². The van der Waals surface area contributed by atoms with Gasteiger partial charge in [0.25, 0.3) is 11.8 Å². The number of hydrogen-bond acceptors (Lipinski definition) is 3. The van der Waals surface area contributed by atoms with E-state index in [1.165, 1.54) is 12.1 Å². The first-order valence-electron chi connectivity index (χ1n) is 7.64. The van der Waals surface area contributed by atoms with Crippen molar-refractivity contribution in [2.24, 2.45) is 0 Å². The van der Waals surface area contributed by atoms with Crippen LogP contribution in [0.25, 0.3) is 0 Å². The lowest BCUT2D eigenvalue weighted by molar-refractivity contribution is 0.0697. The maximum Gasteiger partial charge on any atom is 0.289 e. The summed E-state index contributed by atoms with van der Waals surface area (Å²) >= 11 is 3.18. The van der Waals surface area contributed by atoms with Crippen molar-refractivity contribution in [1.29, 1.82) is 0 Å². The Labute approximate surface area is 147 Å². The highest BCUT2D eigenvalue weighted by Gasteiger charge is 2.26. The average Bonchev–Trinajstić information content (AvgIpc) is 2.87. The molecule has 126 valence electrons. The molecule has 7 heteroatoms. The van der Waals surface area contributed by atoms with Gasteiger partial charge in [-0.1, -0.05) is 12.1 Å². The Morgan fingerprint density at radius 1 is 0.958 bits per heavy atom. The molecule has 2 aromatic rings. The summed E-state index contributed by atoms with van der Waals surface area (Å²) in [6.07, 6.45) is 0.633. The molecule has 2 heterocycles. The van der Waals surface area contributed by atoms with Crippen LogP contribution in [0.15, 0.2) is 45.5 Å². The summed E-state index contributed by atoms with van der Waals surface area (Å²) in [5.74, 6) is -0.820. The van der Waals surface area contributed by atoms with Gasteiger partial charge in [-0.05, 0) is 46.6 Å². The van der Waals surface area contributed by atoms with Crippen LogP contribution in [0.5, 0.6) is 0 Å². The Bertz CT molecular complexity index is 762. The molecule has 1 aromatic carbocycles. The smallest absolute Gasteiger partial charge is 0.289 e. The van der Waals surface area contributed by atoms with E-state index in [4.69, 9.17) is 4.42 Å². The zero-order chi connectivity index (χ0) is 17.1. The van der Waals surface area contributed by atoms with E-state index in [0.717, 1.165) is 0 Å². The molecule has 24 heavy (non-hydrogen) atoms. The molecule has 2 amide bonds. The second-order valence-corrected chi connectivity index (χ2v) is 6.30. The molecule has 0 N–H and O–H groups in total. The Hall–Kier alpha value is -2.15. The maximum absolute atomic E-state index is 13.8. The van der Waals surface area contributed by atoms with E-state index in [-0.39, 0.29) is 23.1 Å². The lowest BCUT2D eigenvalue weighted by Crippen LogP contribution is -2.37. The molecular weight excluding hydrogens is 379 g/mol. The molecule has 1 aliphatic heterocycles. The average molecular weight is 395 g/mol. The van der Waals surface area contributed by atoms with Crippen LogP contribution in [0.3, 0.4) is 0 Å². The van der Waals surface area contributed by atoms with Gasteiger partial charge in [-0.15, -0.1) is 0 Å². The third kappa shape index (κ3) is 3.51. The van der Waals surface area contributed by atoms with Gasteiger partial charge in [-0.25, -0.2) is 4.39 Å². The van der Waals surface area contributed by atoms with Crippen LogP contribution in [-0.4, -0.2) is 47.8 Å². The van der Waals surface area contributed by atoms with E-state index in [1.807, 2.05) is 0 Å². The standard InChI is InChI=1S/C17H16BrFN2O3/c18-15-7-6-14(24-15)17(23)21-9-3-8-20(10-11-21)16(22)12-4-1-2-5-13(12)19/h1-2,4-7H,3,8-11H2. The van der Waals surface area contributed by atoms with E-state index in [9.17, 15) is 14.0 Å². The topological polar surface area (TPSA) is 53.8 Å². The molecule has 1 aromatic heterocycles. The van der Waals surface area contributed by atoms with Gasteiger partial charge in [-0.2, -0.15) is 0 Å². The Morgan fingerprint density at radius 3 is 2.25 bits per heavy atom. The molecule has 1 aliphatic rings. The minimum Gasteiger partial charge on any atom is -0.444 e. The molecule has 1 saturated heterocycles. The van der Waals surface area contributed by atoms with Crippen LogP contribution in [0.1, 0.15) is 27.3 Å². The van der Waals surface area contributed by atoms with Crippen molar-refractivity contribution in [2.75, 3.05) is 26.2 Å². The number of halogens is 2. The van der Waals surface area contributed by atoms with E-state index < -0.39 is 5.82 Å². The summed E-state index contributed by atoms with van der Waals surface area (Å²) in [4.78, 5) is 28.1. The second-order valence-electron chi connectivity index (χ2n) is 5.52.